The van der Waals surface area contributed by atoms with E-state index in [9.17, 15) is 9.59 Å². The van der Waals surface area contributed by atoms with Crippen molar-refractivity contribution in [2.45, 2.75) is 33.4 Å². The van der Waals surface area contributed by atoms with Gasteiger partial charge in [0, 0.05) is 15.6 Å². The normalized spacial score (nSPS) is 14.8. The average Bonchev–Trinajstić information content (AvgIpc) is 3.27. The van der Waals surface area contributed by atoms with Crippen molar-refractivity contribution in [3.8, 4) is 11.5 Å². The fourth-order valence-electron chi connectivity index (χ4n) is 4.69. The van der Waals surface area contributed by atoms with E-state index in [1.807, 2.05) is 55.5 Å². The van der Waals surface area contributed by atoms with E-state index in [4.69, 9.17) is 37.4 Å². The van der Waals surface area contributed by atoms with Gasteiger partial charge in [-0.2, -0.15) is 0 Å². The fraction of sp³-hybridized carbons (Fsp3) is 0.219. The van der Waals surface area contributed by atoms with Gasteiger partial charge < -0.3 is 14.2 Å². The first kappa shape index (κ1) is 29.6. The molecule has 0 unspecified atom stereocenters. The summed E-state index contributed by atoms with van der Waals surface area (Å²) in [6.45, 7) is 6.28. The van der Waals surface area contributed by atoms with E-state index in [2.05, 4.69) is 4.99 Å². The van der Waals surface area contributed by atoms with Gasteiger partial charge in [0.2, 0.25) is 0 Å². The molecule has 1 aromatic heterocycles. The molecule has 42 heavy (non-hydrogen) atoms. The standard InChI is InChI=1S/C32H28Cl2N2O5S/c1-4-39-26-15-20(11-14-25(26)41-18-22-12-13-23(33)17-24(22)34)16-27-30(37)36-29(21-9-7-6-8-10-21)28(31(38)40-5-2)19(3)35-32(36)42-27/h6-17,29H,4-5,18H2,1-3H3/b27-16-/t29-/m1/s1. The highest BCUT2D eigenvalue weighted by atomic mass is 35.5. The van der Waals surface area contributed by atoms with Crippen molar-refractivity contribution in [1.82, 2.24) is 4.57 Å². The zero-order valence-corrected chi connectivity index (χ0v) is 25.6. The third-order valence-electron chi connectivity index (χ3n) is 6.60. The number of aromatic nitrogens is 1. The topological polar surface area (TPSA) is 79.1 Å². The number of nitrogens with zero attached hydrogens (tertiary/aromatic N) is 2. The summed E-state index contributed by atoms with van der Waals surface area (Å²) in [5, 5.41) is 1.07. The monoisotopic (exact) mass is 622 g/mol. The first-order valence-corrected chi connectivity index (χ1v) is 15.0. The molecule has 0 aliphatic carbocycles. The number of esters is 1. The van der Waals surface area contributed by atoms with Crippen LogP contribution in [0.2, 0.25) is 10.0 Å². The largest absolute Gasteiger partial charge is 0.490 e. The molecule has 0 bridgehead atoms. The van der Waals surface area contributed by atoms with Gasteiger partial charge in [-0.25, -0.2) is 9.79 Å². The van der Waals surface area contributed by atoms with Crippen LogP contribution in [0.15, 0.2) is 87.8 Å². The minimum Gasteiger partial charge on any atom is -0.490 e. The van der Waals surface area contributed by atoms with E-state index >= 15 is 0 Å². The Morgan fingerprint density at radius 2 is 1.79 bits per heavy atom. The van der Waals surface area contributed by atoms with E-state index < -0.39 is 12.0 Å². The number of thiazole rings is 1. The zero-order chi connectivity index (χ0) is 29.8. The summed E-state index contributed by atoms with van der Waals surface area (Å²) in [6.07, 6.45) is 1.79. The Hall–Kier alpha value is -3.85. The molecular formula is C32H28Cl2N2O5S. The van der Waals surface area contributed by atoms with Crippen molar-refractivity contribution in [2.24, 2.45) is 4.99 Å². The van der Waals surface area contributed by atoms with Crippen LogP contribution in [0, 0.1) is 0 Å². The lowest BCUT2D eigenvalue weighted by atomic mass is 9.96. The minimum absolute atomic E-state index is 0.218. The van der Waals surface area contributed by atoms with Crippen LogP contribution in [0.25, 0.3) is 6.08 Å². The van der Waals surface area contributed by atoms with E-state index in [1.54, 1.807) is 42.7 Å². The Balaban J connectivity index is 1.53. The van der Waals surface area contributed by atoms with Gasteiger partial charge in [-0.05, 0) is 62.2 Å². The molecule has 3 aromatic carbocycles. The third-order valence-corrected chi connectivity index (χ3v) is 8.17. The molecule has 0 amide bonds. The molecule has 0 radical (unpaired) electrons. The van der Waals surface area contributed by atoms with E-state index in [-0.39, 0.29) is 18.8 Å². The number of hydrogen-bond acceptors (Lipinski definition) is 7. The second-order valence-electron chi connectivity index (χ2n) is 9.38. The van der Waals surface area contributed by atoms with Crippen molar-refractivity contribution < 1.29 is 19.0 Å². The van der Waals surface area contributed by atoms with Crippen molar-refractivity contribution in [2.75, 3.05) is 13.2 Å². The SMILES string of the molecule is CCOC(=O)C1=C(C)N=c2s/c(=C\c3ccc(OCc4ccc(Cl)cc4Cl)c(OCC)c3)c(=O)n2[C@@H]1c1ccccc1. The molecule has 7 nitrogen and oxygen atoms in total. The predicted molar refractivity (Wildman–Crippen MR) is 165 cm³/mol. The second kappa shape index (κ2) is 13.0. The van der Waals surface area contributed by atoms with Gasteiger partial charge in [0.25, 0.3) is 5.56 Å². The first-order chi connectivity index (χ1) is 20.3. The van der Waals surface area contributed by atoms with Gasteiger partial charge >= 0.3 is 5.97 Å². The Morgan fingerprint density at radius 1 is 1.00 bits per heavy atom. The lowest BCUT2D eigenvalue weighted by Crippen LogP contribution is -2.39. The maximum absolute atomic E-state index is 13.9. The molecule has 0 fully saturated rings. The molecular weight excluding hydrogens is 595 g/mol. The summed E-state index contributed by atoms with van der Waals surface area (Å²) < 4.78 is 19.3. The number of rotatable bonds is 9. The Kier molecular flexibility index (Phi) is 9.16. The predicted octanol–water partition coefficient (Wildman–Crippen LogP) is 6.08. The third kappa shape index (κ3) is 6.16. The van der Waals surface area contributed by atoms with Crippen molar-refractivity contribution >= 4 is 46.6 Å². The number of benzene rings is 3. The van der Waals surface area contributed by atoms with Crippen molar-refractivity contribution in [3.63, 3.8) is 0 Å². The summed E-state index contributed by atoms with van der Waals surface area (Å²) in [7, 11) is 0. The number of allylic oxidation sites excluding steroid dienone is 1. The van der Waals surface area contributed by atoms with E-state index in [0.29, 0.717) is 48.8 Å². The minimum atomic E-state index is -0.655. The molecule has 5 rings (SSSR count). The lowest BCUT2D eigenvalue weighted by Gasteiger charge is -2.24. The van der Waals surface area contributed by atoms with Gasteiger partial charge in [0.15, 0.2) is 16.3 Å². The highest BCUT2D eigenvalue weighted by Gasteiger charge is 2.33. The van der Waals surface area contributed by atoms with Gasteiger partial charge in [-0.1, -0.05) is 77.0 Å². The molecule has 10 heteroatoms. The van der Waals surface area contributed by atoms with Crippen LogP contribution >= 0.6 is 34.5 Å². The number of hydrogen-bond donors (Lipinski definition) is 0. The van der Waals surface area contributed by atoms with Gasteiger partial charge in [0.1, 0.15) is 6.61 Å². The number of halogens is 2. The van der Waals surface area contributed by atoms with Gasteiger partial charge in [-0.15, -0.1) is 0 Å². The smallest absolute Gasteiger partial charge is 0.338 e. The number of ether oxygens (including phenoxy) is 3. The molecule has 1 aliphatic rings. The maximum Gasteiger partial charge on any atom is 0.338 e. The molecule has 0 spiro atoms. The van der Waals surface area contributed by atoms with Crippen LogP contribution in [-0.2, 0) is 16.1 Å². The Labute approximate surface area is 256 Å². The summed E-state index contributed by atoms with van der Waals surface area (Å²) in [5.41, 5.74) is 2.96. The van der Waals surface area contributed by atoms with Crippen molar-refractivity contribution in [3.05, 3.63) is 124 Å². The fourth-order valence-corrected chi connectivity index (χ4v) is 6.20. The Morgan fingerprint density at radius 3 is 2.50 bits per heavy atom. The summed E-state index contributed by atoms with van der Waals surface area (Å²) >= 11 is 13.6. The van der Waals surface area contributed by atoms with Crippen LogP contribution in [0.4, 0.5) is 0 Å². The van der Waals surface area contributed by atoms with Crippen LogP contribution in [0.3, 0.4) is 0 Å². The molecule has 0 N–H and O–H groups in total. The molecule has 4 aromatic rings. The molecule has 1 aliphatic heterocycles. The molecule has 0 saturated carbocycles. The second-order valence-corrected chi connectivity index (χ2v) is 11.2. The average molecular weight is 624 g/mol. The highest BCUT2D eigenvalue weighted by molar-refractivity contribution is 7.07. The molecule has 1 atom stereocenters. The van der Waals surface area contributed by atoms with Gasteiger partial charge in [0.05, 0.1) is 35.1 Å². The van der Waals surface area contributed by atoms with Crippen LogP contribution in [0.1, 0.15) is 43.5 Å². The lowest BCUT2D eigenvalue weighted by molar-refractivity contribution is -0.139. The van der Waals surface area contributed by atoms with Crippen LogP contribution in [-0.4, -0.2) is 23.8 Å². The zero-order valence-electron chi connectivity index (χ0n) is 23.2. The van der Waals surface area contributed by atoms with Gasteiger partial charge in [-0.3, -0.25) is 9.36 Å². The summed E-state index contributed by atoms with van der Waals surface area (Å²) in [6, 6.07) is 19.5. The van der Waals surface area contributed by atoms with E-state index in [1.165, 1.54) is 11.3 Å². The van der Waals surface area contributed by atoms with Crippen LogP contribution in [0.5, 0.6) is 11.5 Å². The number of fused-ring (bicyclic) bond motifs is 1. The highest BCUT2D eigenvalue weighted by Crippen LogP contribution is 2.32. The molecule has 2 heterocycles. The maximum atomic E-state index is 13.9. The van der Waals surface area contributed by atoms with Crippen LogP contribution < -0.4 is 24.4 Å². The molecule has 216 valence electrons. The molecule has 0 saturated heterocycles. The van der Waals surface area contributed by atoms with E-state index in [0.717, 1.165) is 16.7 Å². The number of carbonyl (C=O) groups excluding carboxylic acids is 1. The first-order valence-electron chi connectivity index (χ1n) is 13.4. The summed E-state index contributed by atoms with van der Waals surface area (Å²) in [5.74, 6) is 0.589. The number of carbonyl (C=O) groups is 1. The summed E-state index contributed by atoms with van der Waals surface area (Å²) in [4.78, 5) is 32.0. The quantitative estimate of drug-likeness (QED) is 0.211. The van der Waals surface area contributed by atoms with Crippen molar-refractivity contribution in [1.29, 1.82) is 0 Å². The Bertz CT molecular complexity index is 1850.